The van der Waals surface area contributed by atoms with Crippen LogP contribution in [0.5, 0.6) is 5.75 Å². The number of nitrogens with zero attached hydrogens (tertiary/aromatic N) is 1. The van der Waals surface area contributed by atoms with Crippen molar-refractivity contribution in [2.75, 3.05) is 7.11 Å². The highest BCUT2D eigenvalue weighted by Gasteiger charge is 2.39. The fraction of sp³-hybridized carbons (Fsp3) is 0.562. The summed E-state index contributed by atoms with van der Waals surface area (Å²) in [4.78, 5) is 0. The number of methoxy groups -OCH3 is 1. The summed E-state index contributed by atoms with van der Waals surface area (Å²) >= 11 is 0. The maximum atomic E-state index is 12.9. The Balaban J connectivity index is 3.17. The van der Waals surface area contributed by atoms with Gasteiger partial charge in [-0.1, -0.05) is 25.9 Å². The number of hydrogen-bond donors (Lipinski definition) is 1. The van der Waals surface area contributed by atoms with E-state index >= 15 is 0 Å². The van der Waals surface area contributed by atoms with Crippen molar-refractivity contribution in [3.8, 4) is 5.75 Å². The summed E-state index contributed by atoms with van der Waals surface area (Å²) in [6, 6.07) is 3.91. The van der Waals surface area contributed by atoms with Crippen molar-refractivity contribution in [1.29, 1.82) is 0 Å². The molecule has 1 aromatic rings. The van der Waals surface area contributed by atoms with Gasteiger partial charge >= 0.3 is 6.18 Å². The molecule has 0 unspecified atom stereocenters. The zero-order valence-electron chi connectivity index (χ0n) is 14.8. The summed E-state index contributed by atoms with van der Waals surface area (Å²) in [5.74, 6) is 0.428. The maximum Gasteiger partial charge on any atom is 0.437 e. The Morgan fingerprint density at radius 3 is 2.21 bits per heavy atom. The lowest BCUT2D eigenvalue weighted by atomic mass is 10.1. The largest absolute Gasteiger partial charge is 0.496 e. The molecule has 0 amide bonds. The quantitative estimate of drug-likeness (QED) is 0.348. The SMILES string of the molecule is COc1ccc(/C(=N/O)C(F)(F)F)cc1CO[Si](C)(C)C(C)(C)C. The molecule has 4 nitrogen and oxygen atoms in total. The molecule has 0 aliphatic heterocycles. The van der Waals surface area contributed by atoms with Crippen LogP contribution in [0.15, 0.2) is 23.4 Å². The van der Waals surface area contributed by atoms with E-state index < -0.39 is 20.2 Å². The third kappa shape index (κ3) is 4.73. The van der Waals surface area contributed by atoms with E-state index in [0.29, 0.717) is 11.3 Å². The van der Waals surface area contributed by atoms with Gasteiger partial charge in [0.15, 0.2) is 14.0 Å². The van der Waals surface area contributed by atoms with E-state index in [2.05, 4.69) is 39.0 Å². The summed E-state index contributed by atoms with van der Waals surface area (Å²) < 4.78 is 50.0. The summed E-state index contributed by atoms with van der Waals surface area (Å²) in [5, 5.41) is 11.1. The summed E-state index contributed by atoms with van der Waals surface area (Å²) in [6.45, 7) is 10.5. The molecule has 0 saturated carbocycles. The lowest BCUT2D eigenvalue weighted by Crippen LogP contribution is -2.40. The van der Waals surface area contributed by atoms with E-state index in [1.807, 2.05) is 0 Å². The summed E-state index contributed by atoms with van der Waals surface area (Å²) in [7, 11) is -0.630. The van der Waals surface area contributed by atoms with Crippen LogP contribution in [0.4, 0.5) is 13.2 Å². The van der Waals surface area contributed by atoms with Crippen molar-refractivity contribution in [1.82, 2.24) is 0 Å². The molecular formula is C16H24F3NO3Si. The average molecular weight is 363 g/mol. The Kier molecular flexibility index (Phi) is 6.10. The van der Waals surface area contributed by atoms with Gasteiger partial charge in [-0.25, -0.2) is 0 Å². The molecule has 0 heterocycles. The second-order valence-corrected chi connectivity index (χ2v) is 11.8. The van der Waals surface area contributed by atoms with Crippen molar-refractivity contribution in [2.45, 2.75) is 51.7 Å². The minimum absolute atomic E-state index is 0.0263. The first-order chi connectivity index (χ1) is 10.8. The molecule has 136 valence electrons. The van der Waals surface area contributed by atoms with Gasteiger partial charge in [0.2, 0.25) is 0 Å². The van der Waals surface area contributed by atoms with Gasteiger partial charge in [-0.05, 0) is 36.3 Å². The van der Waals surface area contributed by atoms with Crippen LogP contribution in [-0.2, 0) is 11.0 Å². The zero-order chi connectivity index (χ0) is 18.8. The Morgan fingerprint density at radius 1 is 1.21 bits per heavy atom. The Bertz CT molecular complexity index is 608. The van der Waals surface area contributed by atoms with Crippen LogP contribution >= 0.6 is 0 Å². The zero-order valence-corrected chi connectivity index (χ0v) is 15.8. The molecule has 0 spiro atoms. The van der Waals surface area contributed by atoms with Gasteiger partial charge in [0.1, 0.15) is 5.75 Å². The number of halogens is 3. The molecule has 0 radical (unpaired) electrons. The highest BCUT2D eigenvalue weighted by atomic mass is 28.4. The molecule has 8 heteroatoms. The number of benzene rings is 1. The minimum atomic E-state index is -4.75. The second-order valence-electron chi connectivity index (χ2n) is 7.02. The van der Waals surface area contributed by atoms with Crippen molar-refractivity contribution in [2.24, 2.45) is 5.16 Å². The Morgan fingerprint density at radius 2 is 1.79 bits per heavy atom. The van der Waals surface area contributed by atoms with Crippen LogP contribution in [0.1, 0.15) is 31.9 Å². The number of oxime groups is 1. The fourth-order valence-electron chi connectivity index (χ4n) is 1.79. The lowest BCUT2D eigenvalue weighted by Gasteiger charge is -2.36. The second kappa shape index (κ2) is 7.14. The van der Waals surface area contributed by atoms with Crippen LogP contribution in [0.25, 0.3) is 0 Å². The van der Waals surface area contributed by atoms with Gasteiger partial charge in [0.25, 0.3) is 0 Å². The van der Waals surface area contributed by atoms with Gasteiger partial charge in [-0.15, -0.1) is 0 Å². The average Bonchev–Trinajstić information content (AvgIpc) is 2.43. The van der Waals surface area contributed by atoms with Crippen molar-refractivity contribution >= 4 is 14.0 Å². The van der Waals surface area contributed by atoms with E-state index in [1.54, 1.807) is 0 Å². The van der Waals surface area contributed by atoms with Crippen molar-refractivity contribution in [3.63, 3.8) is 0 Å². The maximum absolute atomic E-state index is 12.9. The molecule has 1 N–H and O–H groups in total. The number of alkyl halides is 3. The summed E-state index contributed by atoms with van der Waals surface area (Å²) in [5.41, 5.74) is -1.11. The molecule has 0 saturated heterocycles. The van der Waals surface area contributed by atoms with E-state index in [-0.39, 0.29) is 17.2 Å². The summed E-state index contributed by atoms with van der Waals surface area (Å²) in [6.07, 6.45) is -4.75. The van der Waals surface area contributed by atoms with Gasteiger partial charge < -0.3 is 14.4 Å². The predicted molar refractivity (Wildman–Crippen MR) is 89.4 cm³/mol. The topological polar surface area (TPSA) is 51.0 Å². The number of rotatable bonds is 5. The standard InChI is InChI=1S/C16H24F3NO3Si/c1-15(2,3)24(5,6)23-10-12-9-11(7-8-13(12)22-4)14(20-21)16(17,18)19/h7-9,21H,10H2,1-6H3/b20-14-. The molecule has 0 fully saturated rings. The molecule has 0 bridgehead atoms. The lowest BCUT2D eigenvalue weighted by molar-refractivity contribution is -0.0601. The molecule has 0 aliphatic rings. The normalized spacial score (nSPS) is 14.0. The van der Waals surface area contributed by atoms with Crippen LogP contribution in [0.3, 0.4) is 0 Å². The molecule has 24 heavy (non-hydrogen) atoms. The Labute approximate surface area is 141 Å². The fourth-order valence-corrected chi connectivity index (χ4v) is 2.74. The number of ether oxygens (including phenoxy) is 1. The van der Waals surface area contributed by atoms with Gasteiger partial charge in [-0.2, -0.15) is 13.2 Å². The van der Waals surface area contributed by atoms with E-state index in [0.717, 1.165) is 0 Å². The highest BCUT2D eigenvalue weighted by molar-refractivity contribution is 6.74. The molecule has 0 aliphatic carbocycles. The molecule has 0 atom stereocenters. The van der Waals surface area contributed by atoms with E-state index in [1.165, 1.54) is 25.3 Å². The van der Waals surface area contributed by atoms with Crippen LogP contribution in [-0.4, -0.2) is 32.5 Å². The monoisotopic (exact) mass is 363 g/mol. The van der Waals surface area contributed by atoms with Gasteiger partial charge in [0.05, 0.1) is 13.7 Å². The smallest absolute Gasteiger partial charge is 0.437 e. The van der Waals surface area contributed by atoms with E-state index in [9.17, 15) is 13.2 Å². The first-order valence-corrected chi connectivity index (χ1v) is 10.3. The van der Waals surface area contributed by atoms with Crippen LogP contribution in [0.2, 0.25) is 18.1 Å². The first kappa shape index (κ1) is 20.5. The number of hydrogen-bond acceptors (Lipinski definition) is 4. The minimum Gasteiger partial charge on any atom is -0.496 e. The van der Waals surface area contributed by atoms with Crippen molar-refractivity contribution < 1.29 is 27.5 Å². The highest BCUT2D eigenvalue weighted by Crippen LogP contribution is 2.37. The Hall–Kier alpha value is -1.54. The van der Waals surface area contributed by atoms with Crippen LogP contribution in [0, 0.1) is 0 Å². The third-order valence-electron chi connectivity index (χ3n) is 4.32. The van der Waals surface area contributed by atoms with Crippen LogP contribution < -0.4 is 4.74 Å². The van der Waals surface area contributed by atoms with Gasteiger partial charge in [-0.3, -0.25) is 0 Å². The molecule has 1 rings (SSSR count). The molecular weight excluding hydrogens is 339 g/mol. The third-order valence-corrected chi connectivity index (χ3v) is 8.80. The molecule has 0 aromatic heterocycles. The first-order valence-electron chi connectivity index (χ1n) is 7.44. The van der Waals surface area contributed by atoms with Crippen molar-refractivity contribution in [3.05, 3.63) is 29.3 Å². The van der Waals surface area contributed by atoms with Gasteiger partial charge in [0, 0.05) is 11.1 Å². The predicted octanol–water partition coefficient (Wildman–Crippen LogP) is 4.96. The van der Waals surface area contributed by atoms with E-state index in [4.69, 9.17) is 14.4 Å². The molecule has 1 aromatic carbocycles.